The van der Waals surface area contributed by atoms with E-state index in [1.807, 2.05) is 24.3 Å². The number of fused-ring (bicyclic) bond motifs is 1. The molecule has 2 aromatic rings. The average Bonchev–Trinajstić information content (AvgIpc) is 2.72. The maximum atomic E-state index is 4.53. The summed E-state index contributed by atoms with van der Waals surface area (Å²) in [4.78, 5) is 12.3. The third-order valence-electron chi connectivity index (χ3n) is 2.74. The van der Waals surface area contributed by atoms with Gasteiger partial charge in [0, 0.05) is 13.1 Å². The summed E-state index contributed by atoms with van der Waals surface area (Å²) >= 11 is 0. The zero-order valence-corrected chi connectivity index (χ0v) is 9.03. The lowest BCUT2D eigenvalue weighted by Crippen LogP contribution is -2.31. The molecule has 0 bridgehead atoms. The molecule has 0 spiro atoms. The fourth-order valence-corrected chi connectivity index (χ4v) is 1.95. The predicted molar refractivity (Wildman–Crippen MR) is 64.7 cm³/mol. The summed E-state index contributed by atoms with van der Waals surface area (Å²) in [5, 5.41) is 3.30. The highest BCUT2D eigenvalue weighted by Crippen LogP contribution is 2.10. The molecule has 0 radical (unpaired) electrons. The highest BCUT2D eigenvalue weighted by Gasteiger charge is 2.08. The van der Waals surface area contributed by atoms with E-state index in [2.05, 4.69) is 20.3 Å². The number of benzene rings is 1. The van der Waals surface area contributed by atoms with Crippen LogP contribution in [0.2, 0.25) is 0 Å². The monoisotopic (exact) mass is 214 g/mol. The van der Waals surface area contributed by atoms with E-state index in [9.17, 15) is 0 Å². The number of nitrogens with zero attached hydrogens (tertiary/aromatic N) is 2. The maximum absolute atomic E-state index is 4.53. The summed E-state index contributed by atoms with van der Waals surface area (Å²) in [6, 6.07) is 8.08. The number of H-pyrrole nitrogens is 1. The molecule has 0 atom stereocenters. The van der Waals surface area contributed by atoms with Crippen molar-refractivity contribution in [1.82, 2.24) is 15.3 Å². The van der Waals surface area contributed by atoms with Gasteiger partial charge in [-0.1, -0.05) is 12.1 Å². The van der Waals surface area contributed by atoms with Crippen LogP contribution in [0.4, 0.5) is 0 Å². The Morgan fingerprint density at radius 1 is 1.25 bits per heavy atom. The number of imidazole rings is 1. The summed E-state index contributed by atoms with van der Waals surface area (Å²) < 4.78 is 0. The SMILES string of the molecule is c1ccc2[nH]c(CC3=NCCCN3)nc2c1. The van der Waals surface area contributed by atoms with Gasteiger partial charge in [-0.25, -0.2) is 4.98 Å². The minimum atomic E-state index is 0.772. The summed E-state index contributed by atoms with van der Waals surface area (Å²) in [5.41, 5.74) is 2.11. The Labute approximate surface area is 93.8 Å². The summed E-state index contributed by atoms with van der Waals surface area (Å²) in [6.07, 6.45) is 1.90. The molecule has 1 aromatic heterocycles. The fraction of sp³-hybridized carbons (Fsp3) is 0.333. The number of aromatic amines is 1. The average molecular weight is 214 g/mol. The molecule has 1 aliphatic heterocycles. The van der Waals surface area contributed by atoms with Crippen molar-refractivity contribution in [3.63, 3.8) is 0 Å². The van der Waals surface area contributed by atoms with Gasteiger partial charge < -0.3 is 10.3 Å². The lowest BCUT2D eigenvalue weighted by atomic mass is 10.3. The van der Waals surface area contributed by atoms with Crippen molar-refractivity contribution in [2.75, 3.05) is 13.1 Å². The number of hydrogen-bond acceptors (Lipinski definition) is 3. The topological polar surface area (TPSA) is 53.1 Å². The van der Waals surface area contributed by atoms with Crippen LogP contribution < -0.4 is 5.32 Å². The van der Waals surface area contributed by atoms with Crippen LogP contribution in [-0.2, 0) is 6.42 Å². The molecule has 4 heteroatoms. The zero-order valence-electron chi connectivity index (χ0n) is 9.03. The molecule has 4 nitrogen and oxygen atoms in total. The second-order valence-electron chi connectivity index (χ2n) is 3.99. The largest absolute Gasteiger partial charge is 0.373 e. The van der Waals surface area contributed by atoms with E-state index in [0.29, 0.717) is 0 Å². The minimum Gasteiger partial charge on any atom is -0.373 e. The molecular formula is C12H14N4. The third-order valence-corrected chi connectivity index (χ3v) is 2.74. The molecule has 0 amide bonds. The molecule has 0 saturated heterocycles. The van der Waals surface area contributed by atoms with Crippen molar-refractivity contribution in [3.05, 3.63) is 30.1 Å². The quantitative estimate of drug-likeness (QED) is 0.796. The number of aliphatic imine (C=N–C) groups is 1. The van der Waals surface area contributed by atoms with Gasteiger partial charge in [-0.2, -0.15) is 0 Å². The van der Waals surface area contributed by atoms with Gasteiger partial charge in [-0.3, -0.25) is 4.99 Å². The highest BCUT2D eigenvalue weighted by molar-refractivity contribution is 5.85. The Hall–Kier alpha value is -1.84. The number of rotatable bonds is 2. The van der Waals surface area contributed by atoms with Crippen LogP contribution in [-0.4, -0.2) is 28.9 Å². The molecule has 16 heavy (non-hydrogen) atoms. The third kappa shape index (κ3) is 1.78. The van der Waals surface area contributed by atoms with E-state index in [1.165, 1.54) is 0 Å². The van der Waals surface area contributed by atoms with Gasteiger partial charge in [0.2, 0.25) is 0 Å². The van der Waals surface area contributed by atoms with Crippen LogP contribution >= 0.6 is 0 Å². The van der Waals surface area contributed by atoms with Crippen LogP contribution in [0.15, 0.2) is 29.3 Å². The van der Waals surface area contributed by atoms with E-state index in [1.54, 1.807) is 0 Å². The van der Waals surface area contributed by atoms with Crippen molar-refractivity contribution in [1.29, 1.82) is 0 Å². The number of amidine groups is 1. The van der Waals surface area contributed by atoms with Gasteiger partial charge in [0.15, 0.2) is 0 Å². The lowest BCUT2D eigenvalue weighted by molar-refractivity contribution is 0.729. The van der Waals surface area contributed by atoms with Gasteiger partial charge in [0.05, 0.1) is 17.5 Å². The van der Waals surface area contributed by atoms with Gasteiger partial charge in [0.1, 0.15) is 11.7 Å². The smallest absolute Gasteiger partial charge is 0.114 e. The van der Waals surface area contributed by atoms with E-state index in [0.717, 1.165) is 48.6 Å². The first kappa shape index (κ1) is 9.39. The van der Waals surface area contributed by atoms with Gasteiger partial charge in [0.25, 0.3) is 0 Å². The number of nitrogens with one attached hydrogen (secondary N) is 2. The lowest BCUT2D eigenvalue weighted by Gasteiger charge is -2.12. The number of para-hydroxylation sites is 2. The summed E-state index contributed by atoms with van der Waals surface area (Å²) in [7, 11) is 0. The predicted octanol–water partition coefficient (Wildman–Crippen LogP) is 1.50. The molecule has 2 heterocycles. The molecule has 1 aromatic carbocycles. The molecule has 82 valence electrons. The molecule has 0 saturated carbocycles. The fourth-order valence-electron chi connectivity index (χ4n) is 1.95. The molecule has 0 aliphatic carbocycles. The van der Waals surface area contributed by atoms with E-state index in [-0.39, 0.29) is 0 Å². The first-order chi connectivity index (χ1) is 7.92. The molecular weight excluding hydrogens is 200 g/mol. The Morgan fingerprint density at radius 3 is 3.00 bits per heavy atom. The van der Waals surface area contributed by atoms with Crippen LogP contribution in [0.3, 0.4) is 0 Å². The highest BCUT2D eigenvalue weighted by atomic mass is 15.0. The van der Waals surface area contributed by atoms with Crippen LogP contribution in [0.1, 0.15) is 12.2 Å². The molecule has 0 fully saturated rings. The number of hydrogen-bond donors (Lipinski definition) is 2. The molecule has 0 unspecified atom stereocenters. The van der Waals surface area contributed by atoms with E-state index < -0.39 is 0 Å². The standard InChI is InChI=1S/C12H14N4/c1-2-5-10-9(4-1)15-12(16-10)8-11-13-6-3-7-14-11/h1-2,4-5H,3,6-8H2,(H,13,14)(H,15,16). The normalized spacial score (nSPS) is 15.9. The number of aromatic nitrogens is 2. The first-order valence-electron chi connectivity index (χ1n) is 5.63. The summed E-state index contributed by atoms with van der Waals surface area (Å²) in [6.45, 7) is 1.96. The second-order valence-corrected chi connectivity index (χ2v) is 3.99. The summed E-state index contributed by atoms with van der Waals surface area (Å²) in [5.74, 6) is 2.03. The van der Waals surface area contributed by atoms with Crippen molar-refractivity contribution in [2.45, 2.75) is 12.8 Å². The Morgan fingerprint density at radius 2 is 2.19 bits per heavy atom. The van der Waals surface area contributed by atoms with Crippen LogP contribution in [0.25, 0.3) is 11.0 Å². The van der Waals surface area contributed by atoms with Crippen LogP contribution in [0.5, 0.6) is 0 Å². The molecule has 2 N–H and O–H groups in total. The Bertz CT molecular complexity index is 494. The first-order valence-corrected chi connectivity index (χ1v) is 5.63. The second kappa shape index (κ2) is 3.96. The van der Waals surface area contributed by atoms with E-state index in [4.69, 9.17) is 0 Å². The van der Waals surface area contributed by atoms with Gasteiger partial charge in [-0.15, -0.1) is 0 Å². The van der Waals surface area contributed by atoms with Crippen LogP contribution in [0, 0.1) is 0 Å². The van der Waals surface area contributed by atoms with Gasteiger partial charge >= 0.3 is 0 Å². The Kier molecular flexibility index (Phi) is 2.33. The van der Waals surface area contributed by atoms with Crippen molar-refractivity contribution >= 4 is 16.9 Å². The maximum Gasteiger partial charge on any atom is 0.114 e. The minimum absolute atomic E-state index is 0.772. The zero-order chi connectivity index (χ0) is 10.8. The Balaban J connectivity index is 1.86. The van der Waals surface area contributed by atoms with E-state index >= 15 is 0 Å². The van der Waals surface area contributed by atoms with Crippen molar-refractivity contribution in [3.8, 4) is 0 Å². The van der Waals surface area contributed by atoms with Gasteiger partial charge in [-0.05, 0) is 18.6 Å². The van der Waals surface area contributed by atoms with Crippen molar-refractivity contribution in [2.24, 2.45) is 4.99 Å². The van der Waals surface area contributed by atoms with Crippen molar-refractivity contribution < 1.29 is 0 Å². The molecule has 1 aliphatic rings. The molecule has 3 rings (SSSR count).